The fraction of sp³-hybridized carbons (Fsp3) is 0.0833. The number of hydrogen-bond donors (Lipinski definition) is 0. The number of nitrogens with zero attached hydrogens (tertiary/aromatic N) is 2. The van der Waals surface area contributed by atoms with Gasteiger partial charge < -0.3 is 0 Å². The molecule has 0 amide bonds. The van der Waals surface area contributed by atoms with Gasteiger partial charge in [0.1, 0.15) is 11.4 Å². The molecule has 0 aliphatic heterocycles. The average Bonchev–Trinajstić information content (AvgIpc) is 3.21. The lowest BCUT2D eigenvalue weighted by Crippen LogP contribution is -2.23. The Kier molecular flexibility index (Phi) is 4.91. The molecule has 0 fully saturated rings. The molecular formula is C24H18N2O4S2. The first-order valence-electron chi connectivity index (χ1n) is 9.99. The second kappa shape index (κ2) is 7.65. The topological polar surface area (TPSA) is 93.0 Å². The van der Waals surface area contributed by atoms with Crippen LogP contribution >= 0.6 is 0 Å². The highest BCUT2D eigenvalue weighted by molar-refractivity contribution is 7.91. The molecular weight excluding hydrogens is 444 g/mol. The van der Waals surface area contributed by atoms with E-state index in [0.717, 1.165) is 29.5 Å². The SMILES string of the molecule is O=S(=O)(N=C1C=C2CCc3cccc(c32)/C1=N/S(=O)(=O)c1ccccc1)c1ccccc1. The molecule has 3 aromatic carbocycles. The molecule has 0 aromatic heterocycles. The fourth-order valence-corrected chi connectivity index (χ4v) is 6.04. The zero-order valence-corrected chi connectivity index (χ0v) is 18.5. The molecule has 0 N–H and O–H groups in total. The summed E-state index contributed by atoms with van der Waals surface area (Å²) >= 11 is 0. The van der Waals surface area contributed by atoms with E-state index in [0.29, 0.717) is 5.56 Å². The fourth-order valence-electron chi connectivity index (χ4n) is 4.00. The lowest BCUT2D eigenvalue weighted by molar-refractivity contribution is 0.596. The summed E-state index contributed by atoms with van der Waals surface area (Å²) < 4.78 is 60.2. The van der Waals surface area contributed by atoms with E-state index in [4.69, 9.17) is 0 Å². The molecule has 0 saturated heterocycles. The maximum Gasteiger partial charge on any atom is 0.282 e. The molecule has 0 unspecified atom stereocenters. The summed E-state index contributed by atoms with van der Waals surface area (Å²) in [7, 11) is -8.15. The highest BCUT2D eigenvalue weighted by Gasteiger charge is 2.31. The van der Waals surface area contributed by atoms with Gasteiger partial charge in [-0.25, -0.2) is 0 Å². The van der Waals surface area contributed by atoms with Crippen molar-refractivity contribution in [2.75, 3.05) is 0 Å². The Bertz CT molecular complexity index is 1520. The highest BCUT2D eigenvalue weighted by Crippen LogP contribution is 2.38. The lowest BCUT2D eigenvalue weighted by Gasteiger charge is -2.18. The summed E-state index contributed by atoms with van der Waals surface area (Å²) in [5.41, 5.74) is 3.59. The number of benzene rings is 3. The minimum Gasteiger partial charge on any atom is -0.199 e. The van der Waals surface area contributed by atoms with E-state index in [2.05, 4.69) is 8.80 Å². The van der Waals surface area contributed by atoms with Crippen molar-refractivity contribution >= 4 is 37.0 Å². The van der Waals surface area contributed by atoms with Crippen molar-refractivity contribution in [3.05, 3.63) is 102 Å². The molecule has 32 heavy (non-hydrogen) atoms. The maximum atomic E-state index is 13.1. The first-order chi connectivity index (χ1) is 15.4. The molecule has 0 spiro atoms. The van der Waals surface area contributed by atoms with E-state index in [1.54, 1.807) is 48.5 Å². The van der Waals surface area contributed by atoms with Gasteiger partial charge in [0.05, 0.1) is 9.79 Å². The van der Waals surface area contributed by atoms with Crippen molar-refractivity contribution in [2.45, 2.75) is 22.6 Å². The highest BCUT2D eigenvalue weighted by atomic mass is 32.2. The van der Waals surface area contributed by atoms with Crippen LogP contribution in [0.25, 0.3) is 5.57 Å². The average molecular weight is 463 g/mol. The van der Waals surface area contributed by atoms with Crippen molar-refractivity contribution in [3.63, 3.8) is 0 Å². The van der Waals surface area contributed by atoms with Crippen LogP contribution in [0, 0.1) is 0 Å². The first-order valence-corrected chi connectivity index (χ1v) is 12.9. The molecule has 0 atom stereocenters. The van der Waals surface area contributed by atoms with Gasteiger partial charge in [0.2, 0.25) is 0 Å². The lowest BCUT2D eigenvalue weighted by atomic mass is 9.89. The summed E-state index contributed by atoms with van der Waals surface area (Å²) in [5.74, 6) is 0. The first kappa shape index (κ1) is 20.5. The quantitative estimate of drug-likeness (QED) is 0.585. The Morgan fingerprint density at radius 2 is 1.22 bits per heavy atom. The predicted molar refractivity (Wildman–Crippen MR) is 124 cm³/mol. The largest absolute Gasteiger partial charge is 0.282 e. The van der Waals surface area contributed by atoms with Crippen molar-refractivity contribution in [1.82, 2.24) is 0 Å². The van der Waals surface area contributed by atoms with E-state index in [-0.39, 0.29) is 21.2 Å². The van der Waals surface area contributed by atoms with Crippen LogP contribution < -0.4 is 0 Å². The van der Waals surface area contributed by atoms with Crippen LogP contribution in [0.5, 0.6) is 0 Å². The Balaban J connectivity index is 1.75. The molecule has 0 bridgehead atoms. The van der Waals surface area contributed by atoms with Gasteiger partial charge in [-0.3, -0.25) is 0 Å². The van der Waals surface area contributed by atoms with Gasteiger partial charge in [-0.15, -0.1) is 0 Å². The Morgan fingerprint density at radius 1 is 0.625 bits per heavy atom. The number of aryl methyl sites for hydroxylation is 1. The Labute approximate surface area is 186 Å². The maximum absolute atomic E-state index is 13.1. The second-order valence-corrected chi connectivity index (χ2v) is 10.7. The zero-order chi connectivity index (χ0) is 22.3. The molecule has 5 rings (SSSR count). The van der Waals surface area contributed by atoms with E-state index in [1.165, 1.54) is 24.3 Å². The van der Waals surface area contributed by atoms with E-state index < -0.39 is 20.0 Å². The third-order valence-electron chi connectivity index (χ3n) is 5.46. The molecule has 2 aliphatic carbocycles. The van der Waals surface area contributed by atoms with Gasteiger partial charge in [0.25, 0.3) is 20.0 Å². The monoisotopic (exact) mass is 462 g/mol. The van der Waals surface area contributed by atoms with Crippen LogP contribution in [0.15, 0.2) is 104 Å². The molecule has 2 aliphatic rings. The molecule has 0 heterocycles. The minimum absolute atomic E-state index is 0.0231. The summed E-state index contributed by atoms with van der Waals surface area (Å²) in [6.07, 6.45) is 3.18. The van der Waals surface area contributed by atoms with Gasteiger partial charge in [0, 0.05) is 5.56 Å². The van der Waals surface area contributed by atoms with E-state index in [1.807, 2.05) is 12.1 Å². The van der Waals surface area contributed by atoms with Crippen LogP contribution in [-0.4, -0.2) is 28.3 Å². The van der Waals surface area contributed by atoms with Crippen LogP contribution in [0.4, 0.5) is 0 Å². The van der Waals surface area contributed by atoms with Gasteiger partial charge >= 0.3 is 0 Å². The van der Waals surface area contributed by atoms with Gasteiger partial charge in [-0.1, -0.05) is 54.6 Å². The van der Waals surface area contributed by atoms with E-state index >= 15 is 0 Å². The van der Waals surface area contributed by atoms with Crippen LogP contribution in [0.1, 0.15) is 23.1 Å². The van der Waals surface area contributed by atoms with Gasteiger partial charge in [0.15, 0.2) is 0 Å². The van der Waals surface area contributed by atoms with Crippen LogP contribution in [0.2, 0.25) is 0 Å². The standard InChI is InChI=1S/C24H18N2O4S2/c27-31(28,19-9-3-1-4-10-19)25-22-16-18-15-14-17-8-7-13-21(23(17)18)24(22)26-32(29,30)20-11-5-2-6-12-20/h1-13,16H,14-15H2/b25-22?,26-24-. The van der Waals surface area contributed by atoms with Gasteiger partial charge in [-0.05, 0) is 59.9 Å². The summed E-state index contributed by atoms with van der Waals surface area (Å²) in [6, 6.07) is 21.3. The summed E-state index contributed by atoms with van der Waals surface area (Å²) in [5, 5.41) is 0. The molecule has 6 nitrogen and oxygen atoms in total. The Morgan fingerprint density at radius 3 is 1.84 bits per heavy atom. The summed E-state index contributed by atoms with van der Waals surface area (Å²) in [6.45, 7) is 0. The molecule has 0 radical (unpaired) electrons. The number of allylic oxidation sites excluding steroid dienone is 2. The summed E-state index contributed by atoms with van der Waals surface area (Å²) in [4.78, 5) is 0.0576. The van der Waals surface area contributed by atoms with E-state index in [9.17, 15) is 16.8 Å². The van der Waals surface area contributed by atoms with Crippen molar-refractivity contribution in [1.29, 1.82) is 0 Å². The number of sulfonamides is 2. The predicted octanol–water partition coefficient (Wildman–Crippen LogP) is 4.04. The third kappa shape index (κ3) is 3.61. The molecule has 160 valence electrons. The minimum atomic E-state index is -4.08. The van der Waals surface area contributed by atoms with Crippen molar-refractivity contribution < 1.29 is 16.8 Å². The molecule has 0 saturated carbocycles. The van der Waals surface area contributed by atoms with Crippen molar-refractivity contribution in [3.8, 4) is 0 Å². The van der Waals surface area contributed by atoms with Gasteiger partial charge in [-0.2, -0.15) is 25.6 Å². The molecule has 3 aromatic rings. The smallest absolute Gasteiger partial charge is 0.199 e. The van der Waals surface area contributed by atoms with Crippen LogP contribution in [0.3, 0.4) is 0 Å². The Hall–Kier alpha value is -3.36. The molecule has 8 heteroatoms. The van der Waals surface area contributed by atoms with Crippen LogP contribution in [-0.2, 0) is 26.5 Å². The normalized spacial score (nSPS) is 17.9. The number of hydrogen-bond acceptors (Lipinski definition) is 4. The van der Waals surface area contributed by atoms with Crippen molar-refractivity contribution in [2.24, 2.45) is 8.80 Å². The third-order valence-corrected chi connectivity index (χ3v) is 8.05. The second-order valence-electron chi connectivity index (χ2n) is 7.50. The number of rotatable bonds is 4. The zero-order valence-electron chi connectivity index (χ0n) is 16.8.